The van der Waals surface area contributed by atoms with Crippen molar-refractivity contribution in [3.05, 3.63) is 11.6 Å². The Bertz CT molecular complexity index is 264. The Morgan fingerprint density at radius 2 is 2.00 bits per heavy atom. The van der Waals surface area contributed by atoms with E-state index >= 15 is 0 Å². The van der Waals surface area contributed by atoms with Gasteiger partial charge in [-0.1, -0.05) is 32.4 Å². The van der Waals surface area contributed by atoms with Crippen LogP contribution in [0.15, 0.2) is 11.6 Å². The van der Waals surface area contributed by atoms with Crippen molar-refractivity contribution in [2.45, 2.75) is 52.7 Å². The highest BCUT2D eigenvalue weighted by Gasteiger charge is 2.23. The van der Waals surface area contributed by atoms with Crippen LogP contribution in [-0.2, 0) is 9.47 Å². The molecular weight excluding hydrogens is 212 g/mol. The summed E-state index contributed by atoms with van der Waals surface area (Å²) in [6.45, 7) is 8.59. The Labute approximate surface area is 105 Å². The lowest BCUT2D eigenvalue weighted by atomic mass is 9.76. The van der Waals surface area contributed by atoms with E-state index in [0.717, 1.165) is 43.8 Å². The molecule has 1 aliphatic heterocycles. The lowest BCUT2D eigenvalue weighted by molar-refractivity contribution is -0.0464. The van der Waals surface area contributed by atoms with E-state index in [4.69, 9.17) is 9.47 Å². The van der Waals surface area contributed by atoms with Crippen molar-refractivity contribution in [3.63, 3.8) is 0 Å². The molecule has 2 nitrogen and oxygen atoms in total. The van der Waals surface area contributed by atoms with Crippen LogP contribution in [0.5, 0.6) is 0 Å². The third-order valence-electron chi connectivity index (χ3n) is 4.05. The van der Waals surface area contributed by atoms with Gasteiger partial charge in [0.15, 0.2) is 6.29 Å². The molecule has 0 spiro atoms. The van der Waals surface area contributed by atoms with Gasteiger partial charge in [-0.3, -0.25) is 0 Å². The molecule has 0 N–H and O–H groups in total. The molecule has 0 saturated carbocycles. The van der Waals surface area contributed by atoms with Crippen LogP contribution in [0.3, 0.4) is 0 Å². The zero-order valence-corrected chi connectivity index (χ0v) is 11.4. The molecule has 2 atom stereocenters. The fraction of sp³-hybridized carbons (Fsp3) is 0.867. The van der Waals surface area contributed by atoms with E-state index in [0.29, 0.717) is 0 Å². The number of hydrogen-bond donors (Lipinski definition) is 0. The fourth-order valence-electron chi connectivity index (χ4n) is 3.01. The minimum absolute atomic E-state index is 0.0608. The summed E-state index contributed by atoms with van der Waals surface area (Å²) in [6, 6.07) is 0. The van der Waals surface area contributed by atoms with Gasteiger partial charge in [0.1, 0.15) is 0 Å². The Morgan fingerprint density at radius 3 is 2.65 bits per heavy atom. The summed E-state index contributed by atoms with van der Waals surface area (Å²) in [5, 5.41) is 0. The summed E-state index contributed by atoms with van der Waals surface area (Å²) >= 11 is 0. The standard InChI is InChI=1S/C15H26O2/c1-11(2)14-9-12(3)8-13(10-14)4-5-15-16-6-7-17-15/h8,11-12,14-15H,4-7,9-10H2,1-3H3. The molecule has 1 heterocycles. The number of hydrogen-bond acceptors (Lipinski definition) is 2. The first-order valence-electron chi connectivity index (χ1n) is 7.08. The van der Waals surface area contributed by atoms with Gasteiger partial charge in [0, 0.05) is 6.42 Å². The molecule has 0 aromatic heterocycles. The van der Waals surface area contributed by atoms with Crippen LogP contribution in [0.1, 0.15) is 46.5 Å². The van der Waals surface area contributed by atoms with Crippen LogP contribution in [0.4, 0.5) is 0 Å². The molecule has 2 rings (SSSR count). The predicted molar refractivity (Wildman–Crippen MR) is 69.7 cm³/mol. The minimum Gasteiger partial charge on any atom is -0.350 e. The summed E-state index contributed by atoms with van der Waals surface area (Å²) in [5.74, 6) is 2.42. The van der Waals surface area contributed by atoms with Crippen LogP contribution < -0.4 is 0 Å². The van der Waals surface area contributed by atoms with Crippen molar-refractivity contribution in [3.8, 4) is 0 Å². The van der Waals surface area contributed by atoms with Gasteiger partial charge in [0.25, 0.3) is 0 Å². The minimum atomic E-state index is 0.0608. The van der Waals surface area contributed by atoms with Gasteiger partial charge in [0.05, 0.1) is 13.2 Å². The molecular formula is C15H26O2. The van der Waals surface area contributed by atoms with E-state index in [1.54, 1.807) is 5.57 Å². The maximum absolute atomic E-state index is 5.50. The fourth-order valence-corrected chi connectivity index (χ4v) is 3.01. The van der Waals surface area contributed by atoms with E-state index in [-0.39, 0.29) is 6.29 Å². The van der Waals surface area contributed by atoms with Crippen LogP contribution in [-0.4, -0.2) is 19.5 Å². The molecule has 1 aliphatic carbocycles. The Morgan fingerprint density at radius 1 is 1.29 bits per heavy atom. The van der Waals surface area contributed by atoms with E-state index < -0.39 is 0 Å². The van der Waals surface area contributed by atoms with Gasteiger partial charge in [-0.25, -0.2) is 0 Å². The van der Waals surface area contributed by atoms with Crippen molar-refractivity contribution >= 4 is 0 Å². The monoisotopic (exact) mass is 238 g/mol. The Hall–Kier alpha value is -0.340. The molecule has 98 valence electrons. The first-order valence-corrected chi connectivity index (χ1v) is 7.08. The molecule has 0 aromatic carbocycles. The molecule has 17 heavy (non-hydrogen) atoms. The first kappa shape index (κ1) is 13.1. The van der Waals surface area contributed by atoms with Gasteiger partial charge < -0.3 is 9.47 Å². The van der Waals surface area contributed by atoms with Crippen LogP contribution in [0, 0.1) is 17.8 Å². The number of allylic oxidation sites excluding steroid dienone is 2. The quantitative estimate of drug-likeness (QED) is 0.694. The highest BCUT2D eigenvalue weighted by molar-refractivity contribution is 5.09. The smallest absolute Gasteiger partial charge is 0.158 e. The average molecular weight is 238 g/mol. The third-order valence-corrected chi connectivity index (χ3v) is 4.05. The van der Waals surface area contributed by atoms with E-state index in [2.05, 4.69) is 26.8 Å². The first-order chi connectivity index (χ1) is 8.15. The molecule has 0 radical (unpaired) electrons. The normalized spacial score (nSPS) is 30.9. The van der Waals surface area contributed by atoms with Gasteiger partial charge in [0.2, 0.25) is 0 Å². The highest BCUT2D eigenvalue weighted by atomic mass is 16.7. The van der Waals surface area contributed by atoms with Crippen LogP contribution in [0.25, 0.3) is 0 Å². The summed E-state index contributed by atoms with van der Waals surface area (Å²) in [6.07, 6.45) is 7.37. The van der Waals surface area contributed by atoms with Crippen molar-refractivity contribution in [2.75, 3.05) is 13.2 Å². The lowest BCUT2D eigenvalue weighted by Gasteiger charge is -2.30. The summed E-state index contributed by atoms with van der Waals surface area (Å²) in [4.78, 5) is 0. The van der Waals surface area contributed by atoms with Gasteiger partial charge >= 0.3 is 0 Å². The van der Waals surface area contributed by atoms with E-state index in [1.807, 2.05) is 0 Å². The molecule has 0 bridgehead atoms. The van der Waals surface area contributed by atoms with Gasteiger partial charge in [-0.2, -0.15) is 0 Å². The number of rotatable bonds is 4. The van der Waals surface area contributed by atoms with Crippen molar-refractivity contribution in [2.24, 2.45) is 17.8 Å². The molecule has 1 fully saturated rings. The predicted octanol–water partition coefficient (Wildman–Crippen LogP) is 3.77. The third kappa shape index (κ3) is 3.82. The number of ether oxygens (including phenoxy) is 2. The zero-order chi connectivity index (χ0) is 12.3. The summed E-state index contributed by atoms with van der Waals surface area (Å²) in [7, 11) is 0. The van der Waals surface area contributed by atoms with E-state index in [1.165, 1.54) is 12.8 Å². The van der Waals surface area contributed by atoms with Crippen molar-refractivity contribution < 1.29 is 9.47 Å². The average Bonchev–Trinajstić information content (AvgIpc) is 2.78. The molecule has 0 amide bonds. The molecule has 2 unspecified atom stereocenters. The zero-order valence-electron chi connectivity index (χ0n) is 11.4. The summed E-state index contributed by atoms with van der Waals surface area (Å²) in [5.41, 5.74) is 1.63. The summed E-state index contributed by atoms with van der Waals surface area (Å²) < 4.78 is 11.0. The van der Waals surface area contributed by atoms with Crippen molar-refractivity contribution in [1.29, 1.82) is 0 Å². The molecule has 2 heteroatoms. The maximum atomic E-state index is 5.50. The Kier molecular flexibility index (Phi) is 4.63. The molecule has 2 aliphatic rings. The second kappa shape index (κ2) is 6.01. The Balaban J connectivity index is 1.82. The topological polar surface area (TPSA) is 18.5 Å². The van der Waals surface area contributed by atoms with Gasteiger partial charge in [-0.05, 0) is 37.0 Å². The highest BCUT2D eigenvalue weighted by Crippen LogP contribution is 2.35. The lowest BCUT2D eigenvalue weighted by Crippen LogP contribution is -2.18. The van der Waals surface area contributed by atoms with Gasteiger partial charge in [-0.15, -0.1) is 0 Å². The van der Waals surface area contributed by atoms with E-state index in [9.17, 15) is 0 Å². The second-order valence-corrected chi connectivity index (χ2v) is 5.96. The largest absolute Gasteiger partial charge is 0.350 e. The second-order valence-electron chi connectivity index (χ2n) is 5.96. The van der Waals surface area contributed by atoms with Crippen LogP contribution in [0.2, 0.25) is 0 Å². The van der Waals surface area contributed by atoms with Crippen LogP contribution >= 0.6 is 0 Å². The molecule has 0 aromatic rings. The molecule has 1 saturated heterocycles. The van der Waals surface area contributed by atoms with Crippen molar-refractivity contribution in [1.82, 2.24) is 0 Å². The maximum Gasteiger partial charge on any atom is 0.158 e. The SMILES string of the molecule is CC1C=C(CCC2OCCO2)CC(C(C)C)C1.